The predicted octanol–water partition coefficient (Wildman–Crippen LogP) is 2.15. The molecule has 0 aliphatic heterocycles. The smallest absolute Gasteiger partial charge is 0.226 e. The van der Waals surface area contributed by atoms with E-state index in [0.29, 0.717) is 13.1 Å². The number of carbonyl (C=O) groups excluding carboxylic acids is 1. The Morgan fingerprint density at radius 2 is 2.06 bits per heavy atom. The van der Waals surface area contributed by atoms with Gasteiger partial charge in [-0.3, -0.25) is 4.79 Å². The monoisotopic (exact) mass is 246 g/mol. The Morgan fingerprint density at radius 3 is 2.61 bits per heavy atom. The summed E-state index contributed by atoms with van der Waals surface area (Å²) in [6.07, 6.45) is 1.01. The van der Waals surface area contributed by atoms with Gasteiger partial charge in [0, 0.05) is 26.1 Å². The predicted molar refractivity (Wildman–Crippen MR) is 72.7 cm³/mol. The Labute approximate surface area is 109 Å². The number of benzene rings is 1. The van der Waals surface area contributed by atoms with Crippen molar-refractivity contribution in [2.24, 2.45) is 17.1 Å². The molecule has 2 rings (SSSR count). The molecule has 1 amide bonds. The molecule has 1 unspecified atom stereocenters. The summed E-state index contributed by atoms with van der Waals surface area (Å²) in [5.41, 5.74) is 8.08. The van der Waals surface area contributed by atoms with Gasteiger partial charge in [0.15, 0.2) is 0 Å². The van der Waals surface area contributed by atoms with E-state index in [1.54, 1.807) is 0 Å². The summed E-state index contributed by atoms with van der Waals surface area (Å²) in [5.74, 6) is 0.471. The molecule has 1 aliphatic carbocycles. The molecule has 0 aromatic heterocycles. The number of rotatable bonds is 4. The fraction of sp³-hybridized carbons (Fsp3) is 0.533. The maximum atomic E-state index is 12.2. The minimum atomic E-state index is 0.199. The highest BCUT2D eigenvalue weighted by molar-refractivity contribution is 5.82. The number of hydrogen-bond donors (Lipinski definition) is 1. The Morgan fingerprint density at radius 1 is 1.44 bits per heavy atom. The fourth-order valence-electron chi connectivity index (χ4n) is 2.36. The van der Waals surface area contributed by atoms with Gasteiger partial charge in [0.1, 0.15) is 0 Å². The van der Waals surface area contributed by atoms with Gasteiger partial charge in [-0.1, -0.05) is 38.1 Å². The fourth-order valence-corrected chi connectivity index (χ4v) is 2.36. The van der Waals surface area contributed by atoms with Crippen molar-refractivity contribution in [1.82, 2.24) is 4.90 Å². The summed E-state index contributed by atoms with van der Waals surface area (Å²) >= 11 is 0. The third-order valence-electron chi connectivity index (χ3n) is 3.83. The Balaban J connectivity index is 1.98. The van der Waals surface area contributed by atoms with Gasteiger partial charge in [0.2, 0.25) is 5.91 Å². The lowest BCUT2D eigenvalue weighted by molar-refractivity contribution is -0.132. The number of amides is 1. The highest BCUT2D eigenvalue weighted by Crippen LogP contribution is 2.52. The minimum absolute atomic E-state index is 0.199. The standard InChI is InChI=1S/C15H22N2O/c1-15(2)8-13(15)14(18)17(3)10-12-6-4-5-11(7-12)9-16/h4-7,13H,8-10,16H2,1-3H3. The summed E-state index contributed by atoms with van der Waals surface area (Å²) in [6, 6.07) is 8.12. The van der Waals surface area contributed by atoms with Crippen LogP contribution >= 0.6 is 0 Å². The Bertz CT molecular complexity index is 454. The average Bonchev–Trinajstić information content (AvgIpc) is 2.97. The first-order chi connectivity index (χ1) is 8.44. The maximum Gasteiger partial charge on any atom is 0.226 e. The molecule has 0 spiro atoms. The van der Waals surface area contributed by atoms with E-state index in [2.05, 4.69) is 19.9 Å². The second kappa shape index (κ2) is 4.73. The van der Waals surface area contributed by atoms with Gasteiger partial charge in [-0.15, -0.1) is 0 Å². The van der Waals surface area contributed by atoms with Gasteiger partial charge in [0.05, 0.1) is 0 Å². The molecule has 1 aliphatic rings. The third-order valence-corrected chi connectivity index (χ3v) is 3.83. The molecule has 3 heteroatoms. The van der Waals surface area contributed by atoms with Crippen LogP contribution in [0.25, 0.3) is 0 Å². The zero-order valence-corrected chi connectivity index (χ0v) is 11.4. The normalized spacial score (nSPS) is 20.6. The number of nitrogens with two attached hydrogens (primary N) is 1. The van der Waals surface area contributed by atoms with Gasteiger partial charge in [-0.05, 0) is 23.0 Å². The molecule has 0 heterocycles. The Hall–Kier alpha value is -1.35. The second-order valence-electron chi connectivity index (χ2n) is 5.96. The first-order valence-corrected chi connectivity index (χ1v) is 6.47. The molecular formula is C15H22N2O. The zero-order valence-electron chi connectivity index (χ0n) is 11.4. The van der Waals surface area contributed by atoms with E-state index in [4.69, 9.17) is 5.73 Å². The highest BCUT2D eigenvalue weighted by Gasteiger charge is 2.51. The van der Waals surface area contributed by atoms with Crippen LogP contribution in [0.3, 0.4) is 0 Å². The lowest BCUT2D eigenvalue weighted by Crippen LogP contribution is -2.29. The van der Waals surface area contributed by atoms with Crippen LogP contribution in [-0.4, -0.2) is 17.9 Å². The summed E-state index contributed by atoms with van der Waals surface area (Å²) < 4.78 is 0. The van der Waals surface area contributed by atoms with Crippen molar-refractivity contribution in [3.63, 3.8) is 0 Å². The van der Waals surface area contributed by atoms with Crippen molar-refractivity contribution in [1.29, 1.82) is 0 Å². The Kier molecular flexibility index (Phi) is 3.44. The molecule has 1 aromatic carbocycles. The summed E-state index contributed by atoms with van der Waals surface area (Å²) in [4.78, 5) is 14.0. The molecule has 98 valence electrons. The van der Waals surface area contributed by atoms with E-state index in [9.17, 15) is 4.79 Å². The first kappa shape index (κ1) is 13.1. The van der Waals surface area contributed by atoms with E-state index in [-0.39, 0.29) is 17.2 Å². The largest absolute Gasteiger partial charge is 0.341 e. The number of carbonyl (C=O) groups is 1. The van der Waals surface area contributed by atoms with Crippen LogP contribution in [0.15, 0.2) is 24.3 Å². The molecule has 0 saturated heterocycles. The van der Waals surface area contributed by atoms with E-state index in [1.807, 2.05) is 30.1 Å². The summed E-state index contributed by atoms with van der Waals surface area (Å²) in [6.45, 7) is 5.51. The summed E-state index contributed by atoms with van der Waals surface area (Å²) in [7, 11) is 1.88. The van der Waals surface area contributed by atoms with Crippen molar-refractivity contribution in [2.45, 2.75) is 33.4 Å². The van der Waals surface area contributed by atoms with Crippen molar-refractivity contribution >= 4 is 5.91 Å². The lowest BCUT2D eigenvalue weighted by atomic mass is 10.1. The van der Waals surface area contributed by atoms with Gasteiger partial charge in [0.25, 0.3) is 0 Å². The molecule has 2 N–H and O–H groups in total. The van der Waals surface area contributed by atoms with Gasteiger partial charge in [-0.25, -0.2) is 0 Å². The molecular weight excluding hydrogens is 224 g/mol. The van der Waals surface area contributed by atoms with Gasteiger partial charge < -0.3 is 10.6 Å². The molecule has 1 aromatic rings. The average molecular weight is 246 g/mol. The third kappa shape index (κ3) is 2.72. The molecule has 1 fully saturated rings. The minimum Gasteiger partial charge on any atom is -0.341 e. The zero-order chi connectivity index (χ0) is 13.3. The van der Waals surface area contributed by atoms with Crippen molar-refractivity contribution in [3.05, 3.63) is 35.4 Å². The van der Waals surface area contributed by atoms with E-state index >= 15 is 0 Å². The van der Waals surface area contributed by atoms with Gasteiger partial charge in [-0.2, -0.15) is 0 Å². The molecule has 3 nitrogen and oxygen atoms in total. The molecule has 18 heavy (non-hydrogen) atoms. The topological polar surface area (TPSA) is 46.3 Å². The number of hydrogen-bond acceptors (Lipinski definition) is 2. The maximum absolute atomic E-state index is 12.2. The van der Waals surface area contributed by atoms with Crippen molar-refractivity contribution in [3.8, 4) is 0 Å². The van der Waals surface area contributed by atoms with Crippen LogP contribution in [0.5, 0.6) is 0 Å². The van der Waals surface area contributed by atoms with Crippen LogP contribution in [0.4, 0.5) is 0 Å². The molecule has 1 saturated carbocycles. The molecule has 0 radical (unpaired) electrons. The lowest BCUT2D eigenvalue weighted by Gasteiger charge is -2.18. The summed E-state index contributed by atoms with van der Waals surface area (Å²) in [5, 5.41) is 0. The first-order valence-electron chi connectivity index (χ1n) is 6.47. The molecule has 1 atom stereocenters. The van der Waals surface area contributed by atoms with Crippen LogP contribution < -0.4 is 5.73 Å². The highest BCUT2D eigenvalue weighted by atomic mass is 16.2. The molecule has 0 bridgehead atoms. The van der Waals surface area contributed by atoms with Crippen LogP contribution in [-0.2, 0) is 17.9 Å². The van der Waals surface area contributed by atoms with E-state index in [0.717, 1.165) is 17.5 Å². The van der Waals surface area contributed by atoms with E-state index in [1.165, 1.54) is 0 Å². The van der Waals surface area contributed by atoms with Crippen LogP contribution in [0.2, 0.25) is 0 Å². The number of nitrogens with zero attached hydrogens (tertiary/aromatic N) is 1. The van der Waals surface area contributed by atoms with Crippen LogP contribution in [0, 0.1) is 11.3 Å². The van der Waals surface area contributed by atoms with Gasteiger partial charge >= 0.3 is 0 Å². The second-order valence-corrected chi connectivity index (χ2v) is 5.96. The quantitative estimate of drug-likeness (QED) is 0.885. The van der Waals surface area contributed by atoms with Crippen molar-refractivity contribution in [2.75, 3.05) is 7.05 Å². The van der Waals surface area contributed by atoms with Crippen LogP contribution in [0.1, 0.15) is 31.4 Å². The van der Waals surface area contributed by atoms with Crippen molar-refractivity contribution < 1.29 is 4.79 Å². The SMILES string of the molecule is CN(Cc1cccc(CN)c1)C(=O)C1CC1(C)C. The van der Waals surface area contributed by atoms with E-state index < -0.39 is 0 Å².